The van der Waals surface area contributed by atoms with Crippen molar-refractivity contribution in [2.24, 2.45) is 0 Å². The Balaban J connectivity index is 2.38. The maximum Gasteiger partial charge on any atom is 0.319 e. The molecule has 0 aliphatic carbocycles. The zero-order valence-electron chi connectivity index (χ0n) is 12.4. The molecule has 0 aliphatic heterocycles. The van der Waals surface area contributed by atoms with Gasteiger partial charge in [-0.05, 0) is 42.5 Å². The van der Waals surface area contributed by atoms with Crippen molar-refractivity contribution in [2.75, 3.05) is 16.8 Å². The van der Waals surface area contributed by atoms with Crippen molar-refractivity contribution in [1.29, 1.82) is 0 Å². The van der Waals surface area contributed by atoms with Crippen molar-refractivity contribution in [3.8, 4) is 0 Å². The molecule has 0 saturated heterocycles. The van der Waals surface area contributed by atoms with Crippen LogP contribution >= 0.6 is 11.8 Å². The van der Waals surface area contributed by atoms with E-state index in [1.807, 2.05) is 18.7 Å². The van der Waals surface area contributed by atoms with E-state index in [4.69, 9.17) is 5.11 Å². The van der Waals surface area contributed by atoms with Gasteiger partial charge in [-0.2, -0.15) is 11.8 Å². The molecule has 0 bridgehead atoms. The van der Waals surface area contributed by atoms with E-state index in [0.717, 1.165) is 17.9 Å². The minimum Gasteiger partial charge on any atom is -0.481 e. The molecule has 0 aliphatic rings. The van der Waals surface area contributed by atoms with Crippen molar-refractivity contribution in [3.63, 3.8) is 0 Å². The lowest BCUT2D eigenvalue weighted by molar-refractivity contribution is -0.136. The normalized spacial score (nSPS) is 11.7. The van der Waals surface area contributed by atoms with E-state index in [1.54, 1.807) is 24.3 Å². The summed E-state index contributed by atoms with van der Waals surface area (Å²) in [5.41, 5.74) is 1.36. The van der Waals surface area contributed by atoms with Crippen LogP contribution in [0, 0.1) is 0 Å². The van der Waals surface area contributed by atoms with Gasteiger partial charge in [-0.25, -0.2) is 4.79 Å². The molecule has 116 valence electrons. The minimum absolute atomic E-state index is 0.0153. The Hall–Kier alpha value is -1.69. The molecule has 5 nitrogen and oxygen atoms in total. The monoisotopic (exact) mass is 310 g/mol. The second-order valence-corrected chi connectivity index (χ2v) is 6.15. The van der Waals surface area contributed by atoms with E-state index in [1.165, 1.54) is 0 Å². The average molecular weight is 310 g/mol. The highest BCUT2D eigenvalue weighted by Crippen LogP contribution is 2.10. The van der Waals surface area contributed by atoms with Gasteiger partial charge in [-0.1, -0.05) is 19.1 Å². The Morgan fingerprint density at radius 3 is 2.52 bits per heavy atom. The first kappa shape index (κ1) is 17.4. The van der Waals surface area contributed by atoms with Gasteiger partial charge in [0.05, 0.1) is 6.42 Å². The Morgan fingerprint density at radius 2 is 1.95 bits per heavy atom. The molecule has 0 radical (unpaired) electrons. The molecule has 1 aromatic rings. The van der Waals surface area contributed by atoms with Crippen LogP contribution in [-0.4, -0.2) is 34.7 Å². The Morgan fingerprint density at radius 1 is 1.29 bits per heavy atom. The average Bonchev–Trinajstić information content (AvgIpc) is 2.40. The van der Waals surface area contributed by atoms with E-state index in [-0.39, 0.29) is 18.5 Å². The predicted octanol–water partition coefficient (Wildman–Crippen LogP) is 2.97. The van der Waals surface area contributed by atoms with E-state index in [0.29, 0.717) is 11.3 Å². The summed E-state index contributed by atoms with van der Waals surface area (Å²) < 4.78 is 0. The summed E-state index contributed by atoms with van der Waals surface area (Å²) in [4.78, 5) is 22.4. The van der Waals surface area contributed by atoms with E-state index < -0.39 is 5.97 Å². The van der Waals surface area contributed by atoms with Crippen molar-refractivity contribution < 1.29 is 14.7 Å². The molecule has 6 heteroatoms. The fourth-order valence-electron chi connectivity index (χ4n) is 1.75. The van der Waals surface area contributed by atoms with Crippen LogP contribution in [0.3, 0.4) is 0 Å². The molecule has 1 unspecified atom stereocenters. The molecule has 0 heterocycles. The molecule has 2 amide bonds. The van der Waals surface area contributed by atoms with Crippen LogP contribution in [0.4, 0.5) is 10.5 Å². The number of benzene rings is 1. The van der Waals surface area contributed by atoms with E-state index in [9.17, 15) is 9.59 Å². The Labute approximate surface area is 129 Å². The minimum atomic E-state index is -0.868. The number of thioether (sulfide) groups is 1. The topological polar surface area (TPSA) is 78.4 Å². The zero-order valence-corrected chi connectivity index (χ0v) is 13.2. The highest BCUT2D eigenvalue weighted by Gasteiger charge is 2.07. The van der Waals surface area contributed by atoms with Crippen LogP contribution in [0.5, 0.6) is 0 Å². The number of carboxylic acids is 1. The smallest absolute Gasteiger partial charge is 0.319 e. The molecule has 1 atom stereocenters. The van der Waals surface area contributed by atoms with Gasteiger partial charge >= 0.3 is 12.0 Å². The predicted molar refractivity (Wildman–Crippen MR) is 87.0 cm³/mol. The summed E-state index contributed by atoms with van der Waals surface area (Å²) in [7, 11) is 0. The maximum atomic E-state index is 11.8. The summed E-state index contributed by atoms with van der Waals surface area (Å²) in [5.74, 6) is 1.25. The molecular weight excluding hydrogens is 288 g/mol. The van der Waals surface area contributed by atoms with Gasteiger partial charge in [-0.3, -0.25) is 4.79 Å². The molecular formula is C15H22N2O3S. The summed E-state index contributed by atoms with van der Waals surface area (Å²) in [5, 5.41) is 14.3. The maximum absolute atomic E-state index is 11.8. The van der Waals surface area contributed by atoms with Crippen LogP contribution in [-0.2, 0) is 11.2 Å². The number of amides is 2. The first-order valence-corrected chi connectivity index (χ1v) is 8.12. The van der Waals surface area contributed by atoms with Gasteiger partial charge in [0.1, 0.15) is 0 Å². The van der Waals surface area contributed by atoms with Gasteiger partial charge in [0.15, 0.2) is 0 Å². The van der Waals surface area contributed by atoms with Gasteiger partial charge in [0, 0.05) is 11.7 Å². The molecule has 0 spiro atoms. The number of rotatable bonds is 8. The molecule has 1 aromatic carbocycles. The van der Waals surface area contributed by atoms with Crippen molar-refractivity contribution in [1.82, 2.24) is 5.32 Å². The second kappa shape index (κ2) is 9.28. The van der Waals surface area contributed by atoms with Gasteiger partial charge in [-0.15, -0.1) is 0 Å². The van der Waals surface area contributed by atoms with Crippen LogP contribution < -0.4 is 10.6 Å². The first-order chi connectivity index (χ1) is 10.0. The molecule has 0 saturated carbocycles. The standard InChI is InChI=1S/C15H22N2O3S/c1-3-21-9-8-11(2)16-15(20)17-13-6-4-12(5-7-13)10-14(18)19/h4-7,11H,3,8-10H2,1-2H3,(H,18,19)(H2,16,17,20). The van der Waals surface area contributed by atoms with E-state index in [2.05, 4.69) is 17.6 Å². The SMILES string of the molecule is CCSCCC(C)NC(=O)Nc1ccc(CC(=O)O)cc1. The lowest BCUT2D eigenvalue weighted by Crippen LogP contribution is -2.36. The largest absolute Gasteiger partial charge is 0.481 e. The molecule has 1 rings (SSSR count). The number of aliphatic carboxylic acids is 1. The number of carboxylic acid groups (broad SMARTS) is 1. The quantitative estimate of drug-likeness (QED) is 0.645. The molecule has 3 N–H and O–H groups in total. The lowest BCUT2D eigenvalue weighted by atomic mass is 10.1. The summed E-state index contributed by atoms with van der Waals surface area (Å²) in [6.07, 6.45) is 0.919. The second-order valence-electron chi connectivity index (χ2n) is 4.75. The molecule has 0 fully saturated rings. The van der Waals surface area contributed by atoms with Crippen molar-refractivity contribution in [3.05, 3.63) is 29.8 Å². The van der Waals surface area contributed by atoms with Gasteiger partial charge < -0.3 is 15.7 Å². The number of hydrogen-bond donors (Lipinski definition) is 3. The molecule has 21 heavy (non-hydrogen) atoms. The third-order valence-electron chi connectivity index (χ3n) is 2.84. The first-order valence-electron chi connectivity index (χ1n) is 6.97. The van der Waals surface area contributed by atoms with Crippen LogP contribution in [0.1, 0.15) is 25.8 Å². The van der Waals surface area contributed by atoms with Crippen molar-refractivity contribution in [2.45, 2.75) is 32.7 Å². The number of hydrogen-bond acceptors (Lipinski definition) is 3. The van der Waals surface area contributed by atoms with Crippen molar-refractivity contribution >= 4 is 29.4 Å². The fraction of sp³-hybridized carbons (Fsp3) is 0.467. The fourth-order valence-corrected chi connectivity index (χ4v) is 2.56. The van der Waals surface area contributed by atoms with Crippen LogP contribution in [0.15, 0.2) is 24.3 Å². The third-order valence-corrected chi connectivity index (χ3v) is 3.78. The summed E-state index contributed by atoms with van der Waals surface area (Å²) >= 11 is 1.85. The summed E-state index contributed by atoms with van der Waals surface area (Å²) in [6, 6.07) is 6.69. The van der Waals surface area contributed by atoms with E-state index >= 15 is 0 Å². The number of carbonyl (C=O) groups is 2. The van der Waals surface area contributed by atoms with Crippen LogP contribution in [0.25, 0.3) is 0 Å². The lowest BCUT2D eigenvalue weighted by Gasteiger charge is -2.14. The summed E-state index contributed by atoms with van der Waals surface area (Å²) in [6.45, 7) is 4.09. The zero-order chi connectivity index (χ0) is 15.7. The Kier molecular flexibility index (Phi) is 7.68. The molecule has 0 aromatic heterocycles. The third kappa shape index (κ3) is 7.60. The number of anilines is 1. The Bertz CT molecular complexity index is 462. The van der Waals surface area contributed by atoms with Crippen LogP contribution in [0.2, 0.25) is 0 Å². The van der Waals surface area contributed by atoms with Gasteiger partial charge in [0.2, 0.25) is 0 Å². The highest BCUT2D eigenvalue weighted by atomic mass is 32.2. The van der Waals surface area contributed by atoms with Gasteiger partial charge in [0.25, 0.3) is 0 Å². The number of urea groups is 1. The number of nitrogens with one attached hydrogen (secondary N) is 2. The number of carbonyl (C=O) groups excluding carboxylic acids is 1. The highest BCUT2D eigenvalue weighted by molar-refractivity contribution is 7.99.